The van der Waals surface area contributed by atoms with Crippen molar-refractivity contribution in [3.05, 3.63) is 0 Å². The molecule has 0 aromatic rings. The molecule has 4 nitrogen and oxygen atoms in total. The summed E-state index contributed by atoms with van der Waals surface area (Å²) in [5.41, 5.74) is -0.343. The first-order chi connectivity index (χ1) is 11.4. The van der Waals surface area contributed by atoms with Crippen LogP contribution in [-0.2, 0) is 4.79 Å². The van der Waals surface area contributed by atoms with Gasteiger partial charge in [0.1, 0.15) is 0 Å². The van der Waals surface area contributed by atoms with Gasteiger partial charge in [0.15, 0.2) is 0 Å². The van der Waals surface area contributed by atoms with Crippen molar-refractivity contribution in [2.75, 3.05) is 13.2 Å². The SMILES string of the molecule is CC(C)(CCCCCC(CO)CCCCCC1(CO)CC1)C(=O)O. The molecule has 0 heterocycles. The minimum absolute atomic E-state index is 0.265. The number of unbranched alkanes of at least 4 members (excludes halogenated alkanes) is 4. The second kappa shape index (κ2) is 10.4. The number of hydrogen-bond acceptors (Lipinski definition) is 3. The minimum atomic E-state index is -0.718. The van der Waals surface area contributed by atoms with Crippen molar-refractivity contribution in [1.29, 1.82) is 0 Å². The first-order valence-electron chi connectivity index (χ1n) is 9.80. The van der Waals surface area contributed by atoms with Crippen molar-refractivity contribution in [1.82, 2.24) is 0 Å². The first kappa shape index (κ1) is 21.4. The van der Waals surface area contributed by atoms with Crippen LogP contribution in [-0.4, -0.2) is 34.5 Å². The molecule has 0 radical (unpaired) electrons. The monoisotopic (exact) mass is 342 g/mol. The molecule has 1 aliphatic carbocycles. The molecule has 1 atom stereocenters. The Bertz CT molecular complexity index is 361. The Balaban J connectivity index is 2.01. The maximum absolute atomic E-state index is 11.0. The fraction of sp³-hybridized carbons (Fsp3) is 0.950. The number of hydrogen-bond donors (Lipinski definition) is 3. The van der Waals surface area contributed by atoms with Crippen LogP contribution in [0.4, 0.5) is 0 Å². The van der Waals surface area contributed by atoms with E-state index in [1.165, 1.54) is 32.1 Å². The van der Waals surface area contributed by atoms with Crippen LogP contribution in [0.5, 0.6) is 0 Å². The summed E-state index contributed by atoms with van der Waals surface area (Å²) >= 11 is 0. The number of carboxylic acids is 1. The van der Waals surface area contributed by atoms with E-state index < -0.39 is 11.4 Å². The molecule has 1 unspecified atom stereocenters. The topological polar surface area (TPSA) is 77.8 Å². The van der Waals surface area contributed by atoms with Crippen LogP contribution in [0.2, 0.25) is 0 Å². The van der Waals surface area contributed by atoms with E-state index in [-0.39, 0.29) is 12.0 Å². The van der Waals surface area contributed by atoms with Crippen LogP contribution in [0.15, 0.2) is 0 Å². The van der Waals surface area contributed by atoms with Crippen LogP contribution >= 0.6 is 0 Å². The van der Waals surface area contributed by atoms with Crippen LogP contribution in [0.1, 0.15) is 90.9 Å². The molecule has 1 aliphatic rings. The fourth-order valence-electron chi connectivity index (χ4n) is 3.38. The molecule has 24 heavy (non-hydrogen) atoms. The van der Waals surface area contributed by atoms with E-state index in [0.717, 1.165) is 44.9 Å². The van der Waals surface area contributed by atoms with E-state index in [1.807, 2.05) is 0 Å². The van der Waals surface area contributed by atoms with Crippen LogP contribution in [0, 0.1) is 16.7 Å². The molecule has 0 aliphatic heterocycles. The zero-order valence-electron chi connectivity index (χ0n) is 15.7. The van der Waals surface area contributed by atoms with Crippen LogP contribution in [0.25, 0.3) is 0 Å². The highest BCUT2D eigenvalue weighted by Crippen LogP contribution is 2.49. The van der Waals surface area contributed by atoms with E-state index in [1.54, 1.807) is 13.8 Å². The van der Waals surface area contributed by atoms with Gasteiger partial charge < -0.3 is 15.3 Å². The van der Waals surface area contributed by atoms with E-state index >= 15 is 0 Å². The molecule has 4 heteroatoms. The maximum atomic E-state index is 11.0. The lowest BCUT2D eigenvalue weighted by molar-refractivity contribution is -0.147. The second-order valence-electron chi connectivity index (χ2n) is 8.59. The smallest absolute Gasteiger partial charge is 0.309 e. The number of aliphatic hydroxyl groups excluding tert-OH is 2. The Labute approximate surface area is 147 Å². The highest BCUT2D eigenvalue weighted by molar-refractivity contribution is 5.73. The largest absolute Gasteiger partial charge is 0.481 e. The van der Waals surface area contributed by atoms with E-state index in [2.05, 4.69) is 0 Å². The minimum Gasteiger partial charge on any atom is -0.481 e. The van der Waals surface area contributed by atoms with E-state index in [9.17, 15) is 15.0 Å². The molecule has 142 valence electrons. The zero-order chi connectivity index (χ0) is 18.1. The molecule has 0 spiro atoms. The molecule has 1 saturated carbocycles. The van der Waals surface area contributed by atoms with Gasteiger partial charge in [-0.2, -0.15) is 0 Å². The quantitative estimate of drug-likeness (QED) is 0.386. The second-order valence-corrected chi connectivity index (χ2v) is 8.59. The van der Waals surface area contributed by atoms with E-state index in [0.29, 0.717) is 12.5 Å². The third-order valence-electron chi connectivity index (χ3n) is 5.86. The van der Waals surface area contributed by atoms with Crippen molar-refractivity contribution in [3.63, 3.8) is 0 Å². The average molecular weight is 343 g/mol. The molecule has 1 rings (SSSR count). The summed E-state index contributed by atoms with van der Waals surface area (Å²) in [7, 11) is 0. The maximum Gasteiger partial charge on any atom is 0.309 e. The Kier molecular flexibility index (Phi) is 9.28. The van der Waals surface area contributed by atoms with Gasteiger partial charge in [-0.25, -0.2) is 0 Å². The summed E-state index contributed by atoms with van der Waals surface area (Å²) in [6, 6.07) is 0. The van der Waals surface area contributed by atoms with Gasteiger partial charge in [0.25, 0.3) is 0 Å². The summed E-state index contributed by atoms with van der Waals surface area (Å²) < 4.78 is 0. The van der Waals surface area contributed by atoms with Crippen molar-refractivity contribution in [2.45, 2.75) is 90.9 Å². The highest BCUT2D eigenvalue weighted by atomic mass is 16.4. The van der Waals surface area contributed by atoms with Crippen molar-refractivity contribution in [3.8, 4) is 0 Å². The summed E-state index contributed by atoms with van der Waals surface area (Å²) in [5.74, 6) is -0.324. The number of aliphatic carboxylic acids is 1. The molecule has 0 saturated heterocycles. The van der Waals surface area contributed by atoms with E-state index in [4.69, 9.17) is 5.11 Å². The summed E-state index contributed by atoms with van der Waals surface area (Å²) in [5, 5.41) is 27.9. The number of carbonyl (C=O) groups is 1. The predicted molar refractivity (Wildman–Crippen MR) is 96.9 cm³/mol. The molecule has 3 N–H and O–H groups in total. The van der Waals surface area contributed by atoms with Crippen LogP contribution in [0.3, 0.4) is 0 Å². The van der Waals surface area contributed by atoms with Gasteiger partial charge >= 0.3 is 5.97 Å². The third kappa shape index (κ3) is 7.98. The molecule has 0 amide bonds. The Morgan fingerprint density at radius 3 is 2.04 bits per heavy atom. The van der Waals surface area contributed by atoms with Gasteiger partial charge in [-0.3, -0.25) is 4.79 Å². The lowest BCUT2D eigenvalue weighted by Crippen LogP contribution is -2.23. The van der Waals surface area contributed by atoms with Crippen molar-refractivity contribution < 1.29 is 20.1 Å². The zero-order valence-corrected chi connectivity index (χ0v) is 15.7. The Morgan fingerprint density at radius 1 is 1.00 bits per heavy atom. The first-order valence-corrected chi connectivity index (χ1v) is 9.80. The van der Waals surface area contributed by atoms with Gasteiger partial charge in [0, 0.05) is 13.2 Å². The number of rotatable bonds is 15. The number of carboxylic acid groups (broad SMARTS) is 1. The van der Waals surface area contributed by atoms with Crippen molar-refractivity contribution >= 4 is 5.97 Å². The summed E-state index contributed by atoms with van der Waals surface area (Å²) in [4.78, 5) is 11.0. The lowest BCUT2D eigenvalue weighted by Gasteiger charge is -2.19. The van der Waals surface area contributed by atoms with Gasteiger partial charge in [0.05, 0.1) is 5.41 Å². The highest BCUT2D eigenvalue weighted by Gasteiger charge is 2.40. The molecule has 1 fully saturated rings. The molecule has 0 bridgehead atoms. The molecule has 0 aromatic heterocycles. The Hall–Kier alpha value is -0.610. The standard InChI is InChI=1S/C20H38O4/c1-19(2,18(23)24)11-7-3-5-9-17(15-21)10-6-4-8-12-20(16-22)13-14-20/h17,21-22H,3-16H2,1-2H3,(H,23,24). The van der Waals surface area contributed by atoms with Gasteiger partial charge in [0.2, 0.25) is 0 Å². The lowest BCUT2D eigenvalue weighted by atomic mass is 9.86. The predicted octanol–water partition coefficient (Wildman–Crippen LogP) is 4.38. The Morgan fingerprint density at radius 2 is 1.58 bits per heavy atom. The molecular formula is C20H38O4. The molecule has 0 aromatic carbocycles. The summed E-state index contributed by atoms with van der Waals surface area (Å²) in [6.45, 7) is 4.19. The van der Waals surface area contributed by atoms with Crippen LogP contribution < -0.4 is 0 Å². The number of aliphatic hydroxyl groups is 2. The summed E-state index contributed by atoms with van der Waals surface area (Å²) in [6.07, 6.45) is 13.0. The van der Waals surface area contributed by atoms with Crippen molar-refractivity contribution in [2.24, 2.45) is 16.7 Å². The fourth-order valence-corrected chi connectivity index (χ4v) is 3.38. The average Bonchev–Trinajstić information content (AvgIpc) is 3.32. The van der Waals surface area contributed by atoms with Gasteiger partial charge in [-0.05, 0) is 63.7 Å². The molecular weight excluding hydrogens is 304 g/mol. The van der Waals surface area contributed by atoms with Gasteiger partial charge in [-0.15, -0.1) is 0 Å². The normalized spacial score (nSPS) is 17.7. The third-order valence-corrected chi connectivity index (χ3v) is 5.86. The van der Waals surface area contributed by atoms with Gasteiger partial charge in [-0.1, -0.05) is 38.5 Å².